The summed E-state index contributed by atoms with van der Waals surface area (Å²) in [5.41, 5.74) is 8.55. The molecule has 4 nitrogen and oxygen atoms in total. The topological polar surface area (TPSA) is 56.7 Å². The van der Waals surface area contributed by atoms with Gasteiger partial charge < -0.3 is 10.3 Å². The minimum absolute atomic E-state index is 0.0436. The van der Waals surface area contributed by atoms with Gasteiger partial charge in [-0.25, -0.2) is 0 Å². The first kappa shape index (κ1) is 12.4. The maximum atomic E-state index is 5.79. The van der Waals surface area contributed by atoms with E-state index < -0.39 is 0 Å². The van der Waals surface area contributed by atoms with Crippen molar-refractivity contribution in [1.82, 2.24) is 14.8 Å². The van der Waals surface area contributed by atoms with Gasteiger partial charge in [0.1, 0.15) is 11.6 Å². The number of rotatable bonds is 2. The predicted molar refractivity (Wildman–Crippen MR) is 74.9 cm³/mol. The van der Waals surface area contributed by atoms with E-state index in [1.165, 1.54) is 11.1 Å². The molecule has 0 aliphatic heterocycles. The molecule has 1 unspecified atom stereocenters. The number of benzene rings is 1. The summed E-state index contributed by atoms with van der Waals surface area (Å²) in [6, 6.07) is 8.56. The second-order valence-corrected chi connectivity index (χ2v) is 6.14. The highest BCUT2D eigenvalue weighted by Crippen LogP contribution is 2.40. The highest BCUT2D eigenvalue weighted by molar-refractivity contribution is 5.44. The van der Waals surface area contributed by atoms with Crippen LogP contribution in [-0.2, 0) is 18.5 Å². The van der Waals surface area contributed by atoms with Crippen molar-refractivity contribution < 1.29 is 0 Å². The van der Waals surface area contributed by atoms with Gasteiger partial charge in [-0.3, -0.25) is 0 Å². The Kier molecular flexibility index (Phi) is 2.71. The second-order valence-electron chi connectivity index (χ2n) is 6.14. The molecule has 1 atom stereocenters. The van der Waals surface area contributed by atoms with Crippen LogP contribution in [0.4, 0.5) is 0 Å². The van der Waals surface area contributed by atoms with Crippen LogP contribution in [0.5, 0.6) is 0 Å². The van der Waals surface area contributed by atoms with E-state index in [0.29, 0.717) is 12.5 Å². The summed E-state index contributed by atoms with van der Waals surface area (Å²) < 4.78 is 2.20. The Morgan fingerprint density at radius 2 is 2.00 bits per heavy atom. The Morgan fingerprint density at radius 1 is 1.26 bits per heavy atom. The third-order valence-electron chi connectivity index (χ3n) is 3.77. The van der Waals surface area contributed by atoms with Crippen LogP contribution in [-0.4, -0.2) is 14.8 Å². The van der Waals surface area contributed by atoms with Gasteiger partial charge in [-0.05, 0) is 38.3 Å². The van der Waals surface area contributed by atoms with E-state index in [-0.39, 0.29) is 5.54 Å². The Balaban J connectivity index is 2.07. The molecule has 19 heavy (non-hydrogen) atoms. The standard InChI is InChI=1S/C15H20N4/c1-15(2,3)19-13(9-16)17-18-14(19)12-8-10-6-4-5-7-11(10)12/h4-7,12H,8-9,16H2,1-3H3. The average molecular weight is 256 g/mol. The van der Waals surface area contributed by atoms with Gasteiger partial charge in [-0.1, -0.05) is 24.3 Å². The van der Waals surface area contributed by atoms with Crippen molar-refractivity contribution in [3.63, 3.8) is 0 Å². The van der Waals surface area contributed by atoms with Gasteiger partial charge in [0, 0.05) is 11.5 Å². The summed E-state index contributed by atoms with van der Waals surface area (Å²) in [5, 5.41) is 8.67. The summed E-state index contributed by atoms with van der Waals surface area (Å²) in [4.78, 5) is 0. The number of nitrogens with zero attached hydrogens (tertiary/aromatic N) is 3. The normalized spacial score (nSPS) is 18.0. The van der Waals surface area contributed by atoms with Crippen molar-refractivity contribution in [3.8, 4) is 0 Å². The van der Waals surface area contributed by atoms with E-state index >= 15 is 0 Å². The first-order valence-electron chi connectivity index (χ1n) is 6.75. The molecule has 1 aliphatic carbocycles. The van der Waals surface area contributed by atoms with Gasteiger partial charge in [-0.2, -0.15) is 0 Å². The summed E-state index contributed by atoms with van der Waals surface area (Å²) >= 11 is 0. The molecule has 100 valence electrons. The van der Waals surface area contributed by atoms with Crippen LogP contribution in [0.3, 0.4) is 0 Å². The molecule has 4 heteroatoms. The lowest BCUT2D eigenvalue weighted by atomic mass is 9.77. The molecule has 3 rings (SSSR count). The lowest BCUT2D eigenvalue weighted by Crippen LogP contribution is -2.31. The number of aromatic nitrogens is 3. The van der Waals surface area contributed by atoms with Crippen molar-refractivity contribution in [2.75, 3.05) is 0 Å². The highest BCUT2D eigenvalue weighted by Gasteiger charge is 2.34. The van der Waals surface area contributed by atoms with Crippen LogP contribution < -0.4 is 5.73 Å². The van der Waals surface area contributed by atoms with E-state index in [1.807, 2.05) is 0 Å². The lowest BCUT2D eigenvalue weighted by Gasteiger charge is -2.33. The Morgan fingerprint density at radius 3 is 2.63 bits per heavy atom. The van der Waals surface area contributed by atoms with Gasteiger partial charge in [0.2, 0.25) is 0 Å². The Hall–Kier alpha value is -1.68. The van der Waals surface area contributed by atoms with E-state index in [0.717, 1.165) is 18.1 Å². The molecule has 1 heterocycles. The number of hydrogen-bond donors (Lipinski definition) is 1. The summed E-state index contributed by atoms with van der Waals surface area (Å²) in [7, 11) is 0. The SMILES string of the molecule is CC(C)(C)n1c(CN)nnc1C1Cc2ccccc21. The number of nitrogens with two attached hydrogens (primary N) is 1. The van der Waals surface area contributed by atoms with Gasteiger partial charge in [0.05, 0.1) is 6.54 Å². The largest absolute Gasteiger partial charge is 0.324 e. The lowest BCUT2D eigenvalue weighted by molar-refractivity contribution is 0.360. The van der Waals surface area contributed by atoms with Crippen LogP contribution in [0.2, 0.25) is 0 Å². The van der Waals surface area contributed by atoms with Crippen molar-refractivity contribution in [2.24, 2.45) is 5.73 Å². The summed E-state index contributed by atoms with van der Waals surface area (Å²) in [5.74, 6) is 2.28. The molecule has 0 amide bonds. The third-order valence-corrected chi connectivity index (χ3v) is 3.77. The molecular weight excluding hydrogens is 236 g/mol. The zero-order valence-corrected chi connectivity index (χ0v) is 11.7. The molecule has 0 spiro atoms. The fourth-order valence-electron chi connectivity index (χ4n) is 2.91. The zero-order chi connectivity index (χ0) is 13.6. The van der Waals surface area contributed by atoms with Gasteiger partial charge in [-0.15, -0.1) is 10.2 Å². The van der Waals surface area contributed by atoms with Crippen LogP contribution in [0.25, 0.3) is 0 Å². The summed E-state index contributed by atoms with van der Waals surface area (Å²) in [6.45, 7) is 6.94. The van der Waals surface area contributed by atoms with Crippen molar-refractivity contribution in [3.05, 3.63) is 47.0 Å². The van der Waals surface area contributed by atoms with E-state index in [2.05, 4.69) is 59.8 Å². The molecule has 1 aliphatic rings. The van der Waals surface area contributed by atoms with Crippen molar-refractivity contribution in [1.29, 1.82) is 0 Å². The molecule has 0 bridgehead atoms. The molecule has 0 fully saturated rings. The number of hydrogen-bond acceptors (Lipinski definition) is 3. The molecule has 2 aromatic rings. The first-order chi connectivity index (χ1) is 9.02. The molecule has 2 N–H and O–H groups in total. The van der Waals surface area contributed by atoms with Crippen molar-refractivity contribution >= 4 is 0 Å². The minimum Gasteiger partial charge on any atom is -0.324 e. The highest BCUT2D eigenvalue weighted by atomic mass is 15.3. The monoisotopic (exact) mass is 256 g/mol. The molecule has 1 aromatic heterocycles. The molecular formula is C15H20N4. The third kappa shape index (κ3) is 1.87. The van der Waals surface area contributed by atoms with E-state index in [4.69, 9.17) is 5.73 Å². The van der Waals surface area contributed by atoms with E-state index in [1.54, 1.807) is 0 Å². The molecule has 0 saturated heterocycles. The fraction of sp³-hybridized carbons (Fsp3) is 0.467. The van der Waals surface area contributed by atoms with Crippen LogP contribution >= 0.6 is 0 Å². The molecule has 1 aromatic carbocycles. The average Bonchev–Trinajstić information content (AvgIpc) is 2.74. The Labute approximate surface area is 113 Å². The van der Waals surface area contributed by atoms with Crippen molar-refractivity contribution in [2.45, 2.75) is 45.2 Å². The van der Waals surface area contributed by atoms with Crippen LogP contribution in [0.1, 0.15) is 49.5 Å². The van der Waals surface area contributed by atoms with Gasteiger partial charge in [0.25, 0.3) is 0 Å². The maximum Gasteiger partial charge on any atom is 0.147 e. The Bertz CT molecular complexity index is 607. The molecule has 0 radical (unpaired) electrons. The molecule has 0 saturated carbocycles. The first-order valence-corrected chi connectivity index (χ1v) is 6.75. The fourth-order valence-corrected chi connectivity index (χ4v) is 2.91. The summed E-state index contributed by atoms with van der Waals surface area (Å²) in [6.07, 6.45) is 1.05. The quantitative estimate of drug-likeness (QED) is 0.896. The van der Waals surface area contributed by atoms with E-state index in [9.17, 15) is 0 Å². The minimum atomic E-state index is -0.0436. The maximum absolute atomic E-state index is 5.79. The number of fused-ring (bicyclic) bond motifs is 1. The second kappa shape index (κ2) is 4.17. The van der Waals surface area contributed by atoms with Gasteiger partial charge in [0.15, 0.2) is 0 Å². The smallest absolute Gasteiger partial charge is 0.147 e. The predicted octanol–water partition coefficient (Wildman–Crippen LogP) is 2.18. The zero-order valence-electron chi connectivity index (χ0n) is 11.7. The van der Waals surface area contributed by atoms with Gasteiger partial charge >= 0.3 is 0 Å². The van der Waals surface area contributed by atoms with Crippen LogP contribution in [0.15, 0.2) is 24.3 Å². The van der Waals surface area contributed by atoms with Crippen LogP contribution in [0, 0.1) is 0 Å².